The quantitative estimate of drug-likeness (QED) is 0.398. The van der Waals surface area contributed by atoms with Crippen LogP contribution >= 0.6 is 11.8 Å². The SMILES string of the molecule is N=C(N)CSc1ccc(C(=O)O)cc1. The van der Waals surface area contributed by atoms with Crippen molar-refractivity contribution in [2.45, 2.75) is 4.90 Å². The molecule has 1 rings (SSSR count). The zero-order valence-corrected chi connectivity index (χ0v) is 8.17. The summed E-state index contributed by atoms with van der Waals surface area (Å²) in [4.78, 5) is 11.4. The van der Waals surface area contributed by atoms with Gasteiger partial charge in [0.1, 0.15) is 5.84 Å². The molecule has 0 heterocycles. The average Bonchev–Trinajstić information content (AvgIpc) is 2.15. The molecule has 0 unspecified atom stereocenters. The van der Waals surface area contributed by atoms with Crippen LogP contribution in [0.3, 0.4) is 0 Å². The van der Waals surface area contributed by atoms with Crippen LogP contribution in [0.2, 0.25) is 0 Å². The van der Waals surface area contributed by atoms with Gasteiger partial charge in [-0.1, -0.05) is 0 Å². The Morgan fingerprint density at radius 1 is 1.43 bits per heavy atom. The lowest BCUT2D eigenvalue weighted by Crippen LogP contribution is -2.11. The summed E-state index contributed by atoms with van der Waals surface area (Å²) in [6, 6.07) is 6.48. The molecule has 0 aliphatic rings. The summed E-state index contributed by atoms with van der Waals surface area (Å²) in [7, 11) is 0. The highest BCUT2D eigenvalue weighted by molar-refractivity contribution is 8.00. The molecule has 0 aliphatic carbocycles. The molecule has 0 aromatic heterocycles. The molecule has 0 aliphatic heterocycles. The first-order valence-electron chi connectivity index (χ1n) is 3.88. The third kappa shape index (κ3) is 3.10. The Labute approximate surface area is 85.6 Å². The molecule has 0 radical (unpaired) electrons. The van der Waals surface area contributed by atoms with Crippen LogP contribution in [0.5, 0.6) is 0 Å². The Bertz CT molecular complexity index is 348. The maximum Gasteiger partial charge on any atom is 0.335 e. The van der Waals surface area contributed by atoms with Gasteiger partial charge in [-0.3, -0.25) is 5.41 Å². The van der Waals surface area contributed by atoms with Gasteiger partial charge in [0.15, 0.2) is 0 Å². The number of nitrogens with two attached hydrogens (primary N) is 1. The van der Waals surface area contributed by atoms with Crippen LogP contribution in [0.4, 0.5) is 0 Å². The number of nitrogens with one attached hydrogen (secondary N) is 1. The van der Waals surface area contributed by atoms with Crippen LogP contribution in [0.1, 0.15) is 10.4 Å². The van der Waals surface area contributed by atoms with E-state index in [4.69, 9.17) is 16.2 Å². The number of aromatic carboxylic acids is 1. The van der Waals surface area contributed by atoms with Crippen molar-refractivity contribution in [3.8, 4) is 0 Å². The van der Waals surface area contributed by atoms with Gasteiger partial charge in [0.2, 0.25) is 0 Å². The molecule has 14 heavy (non-hydrogen) atoms. The maximum atomic E-state index is 10.5. The van der Waals surface area contributed by atoms with Crippen LogP contribution in [0, 0.1) is 5.41 Å². The molecule has 0 fully saturated rings. The third-order valence-corrected chi connectivity index (χ3v) is 2.56. The average molecular weight is 210 g/mol. The largest absolute Gasteiger partial charge is 0.478 e. The number of benzene rings is 1. The van der Waals surface area contributed by atoms with E-state index in [2.05, 4.69) is 0 Å². The Kier molecular flexibility index (Phi) is 3.53. The highest BCUT2D eigenvalue weighted by atomic mass is 32.2. The Balaban J connectivity index is 2.64. The first-order chi connectivity index (χ1) is 6.59. The van der Waals surface area contributed by atoms with Crippen molar-refractivity contribution in [2.75, 3.05) is 5.75 Å². The lowest BCUT2D eigenvalue weighted by molar-refractivity contribution is 0.0697. The van der Waals surface area contributed by atoms with Crippen molar-refractivity contribution >= 4 is 23.6 Å². The van der Waals surface area contributed by atoms with Gasteiger partial charge in [-0.2, -0.15) is 0 Å². The molecule has 74 valence electrons. The van der Waals surface area contributed by atoms with E-state index in [-0.39, 0.29) is 11.4 Å². The van der Waals surface area contributed by atoms with Crippen LogP contribution in [0.15, 0.2) is 29.2 Å². The van der Waals surface area contributed by atoms with Crippen LogP contribution in [-0.2, 0) is 0 Å². The molecule has 0 bridgehead atoms. The number of rotatable bonds is 4. The van der Waals surface area contributed by atoms with Gasteiger partial charge in [-0.25, -0.2) is 4.79 Å². The van der Waals surface area contributed by atoms with Crippen molar-refractivity contribution in [3.05, 3.63) is 29.8 Å². The van der Waals surface area contributed by atoms with Crippen molar-refractivity contribution in [1.29, 1.82) is 5.41 Å². The van der Waals surface area contributed by atoms with Gasteiger partial charge < -0.3 is 10.8 Å². The van der Waals surface area contributed by atoms with E-state index in [1.165, 1.54) is 23.9 Å². The maximum absolute atomic E-state index is 10.5. The molecule has 1 aromatic carbocycles. The molecule has 4 N–H and O–H groups in total. The summed E-state index contributed by atoms with van der Waals surface area (Å²) in [6.07, 6.45) is 0. The lowest BCUT2D eigenvalue weighted by atomic mass is 10.2. The van der Waals surface area contributed by atoms with E-state index < -0.39 is 5.97 Å². The second kappa shape index (κ2) is 4.66. The minimum absolute atomic E-state index is 0.109. The fourth-order valence-corrected chi connectivity index (χ4v) is 1.51. The molecule has 4 nitrogen and oxygen atoms in total. The van der Waals surface area contributed by atoms with Crippen LogP contribution in [0.25, 0.3) is 0 Å². The summed E-state index contributed by atoms with van der Waals surface area (Å²) in [5.74, 6) is -0.405. The highest BCUT2D eigenvalue weighted by Crippen LogP contribution is 2.17. The van der Waals surface area contributed by atoms with Crippen molar-refractivity contribution in [1.82, 2.24) is 0 Å². The molecule has 0 spiro atoms. The lowest BCUT2D eigenvalue weighted by Gasteiger charge is -2.00. The van der Waals surface area contributed by atoms with E-state index >= 15 is 0 Å². The smallest absolute Gasteiger partial charge is 0.335 e. The van der Waals surface area contributed by atoms with Gasteiger partial charge in [-0.15, -0.1) is 11.8 Å². The van der Waals surface area contributed by atoms with E-state index in [9.17, 15) is 4.79 Å². The predicted octanol–water partition coefficient (Wildman–Crippen LogP) is 1.41. The van der Waals surface area contributed by atoms with Gasteiger partial charge >= 0.3 is 5.97 Å². The van der Waals surface area contributed by atoms with E-state index in [1.807, 2.05) is 0 Å². The van der Waals surface area contributed by atoms with Gasteiger partial charge in [0.05, 0.1) is 11.3 Å². The molecular formula is C9H10N2O2S. The number of carbonyl (C=O) groups is 1. The summed E-state index contributed by atoms with van der Waals surface area (Å²) in [5, 5.41) is 15.6. The Morgan fingerprint density at radius 2 is 2.00 bits per heavy atom. The minimum Gasteiger partial charge on any atom is -0.478 e. The summed E-state index contributed by atoms with van der Waals surface area (Å²) in [5.41, 5.74) is 5.45. The molecular weight excluding hydrogens is 200 g/mol. The fraction of sp³-hybridized carbons (Fsp3) is 0.111. The first kappa shape index (κ1) is 10.6. The molecule has 0 saturated carbocycles. The van der Waals surface area contributed by atoms with E-state index in [0.29, 0.717) is 5.75 Å². The third-order valence-electron chi connectivity index (χ3n) is 1.50. The number of thioether (sulfide) groups is 1. The van der Waals surface area contributed by atoms with E-state index in [1.54, 1.807) is 12.1 Å². The molecule has 0 saturated heterocycles. The van der Waals surface area contributed by atoms with Crippen molar-refractivity contribution in [2.24, 2.45) is 5.73 Å². The van der Waals surface area contributed by atoms with Crippen LogP contribution < -0.4 is 5.73 Å². The number of amidine groups is 1. The molecule has 1 aromatic rings. The van der Waals surface area contributed by atoms with E-state index in [0.717, 1.165) is 4.90 Å². The normalized spacial score (nSPS) is 9.71. The molecule has 5 heteroatoms. The monoisotopic (exact) mass is 210 g/mol. The summed E-state index contributed by atoms with van der Waals surface area (Å²) in [6.45, 7) is 0. The second-order valence-electron chi connectivity index (χ2n) is 2.64. The van der Waals surface area contributed by atoms with Gasteiger partial charge in [0.25, 0.3) is 0 Å². The number of hydrogen-bond acceptors (Lipinski definition) is 3. The standard InChI is InChI=1S/C9H10N2O2S/c10-8(11)5-14-7-3-1-6(2-4-7)9(12)13/h1-4H,5H2,(H3,10,11)(H,12,13). The highest BCUT2D eigenvalue weighted by Gasteiger charge is 2.01. The fourth-order valence-electron chi connectivity index (χ4n) is 0.855. The number of hydrogen-bond donors (Lipinski definition) is 3. The topological polar surface area (TPSA) is 87.2 Å². The summed E-state index contributed by atoms with van der Waals surface area (Å²) < 4.78 is 0. The minimum atomic E-state index is -0.937. The van der Waals surface area contributed by atoms with Crippen molar-refractivity contribution < 1.29 is 9.90 Å². The second-order valence-corrected chi connectivity index (χ2v) is 3.69. The Morgan fingerprint density at radius 3 is 2.43 bits per heavy atom. The number of carboxylic acid groups (broad SMARTS) is 1. The Hall–Kier alpha value is -1.49. The molecule has 0 amide bonds. The molecule has 0 atom stereocenters. The zero-order chi connectivity index (χ0) is 10.6. The van der Waals surface area contributed by atoms with Crippen LogP contribution in [-0.4, -0.2) is 22.7 Å². The first-order valence-corrected chi connectivity index (χ1v) is 4.87. The predicted molar refractivity (Wildman–Crippen MR) is 56.0 cm³/mol. The van der Waals surface area contributed by atoms with Gasteiger partial charge in [-0.05, 0) is 24.3 Å². The van der Waals surface area contributed by atoms with Crippen molar-refractivity contribution in [3.63, 3.8) is 0 Å². The van der Waals surface area contributed by atoms with Gasteiger partial charge in [0, 0.05) is 4.90 Å². The summed E-state index contributed by atoms with van der Waals surface area (Å²) >= 11 is 1.41. The zero-order valence-electron chi connectivity index (χ0n) is 7.36. The number of carboxylic acids is 1.